The number of hydrogen-bond donors (Lipinski definition) is 2. The van der Waals surface area contributed by atoms with Crippen LogP contribution in [0, 0.1) is 5.92 Å². The van der Waals surface area contributed by atoms with Gasteiger partial charge in [0.05, 0.1) is 11.8 Å². The van der Waals surface area contributed by atoms with Gasteiger partial charge in [0.2, 0.25) is 5.91 Å². The summed E-state index contributed by atoms with van der Waals surface area (Å²) in [6, 6.07) is 1.32. The molecule has 0 radical (unpaired) electrons. The maximum absolute atomic E-state index is 13.1. The first-order valence-electron chi connectivity index (χ1n) is 9.80. The fourth-order valence-electron chi connectivity index (χ4n) is 3.70. The molecule has 0 bridgehead atoms. The van der Waals surface area contributed by atoms with E-state index in [-0.39, 0.29) is 23.7 Å². The van der Waals surface area contributed by atoms with Crippen LogP contribution >= 0.6 is 0 Å². The van der Waals surface area contributed by atoms with E-state index in [2.05, 4.69) is 15.3 Å². The number of hydrogen-bond acceptors (Lipinski definition) is 5. The number of pyridine rings is 1. The van der Waals surface area contributed by atoms with Gasteiger partial charge in [-0.3, -0.25) is 14.2 Å². The lowest BCUT2D eigenvalue weighted by atomic mass is 9.84. The highest BCUT2D eigenvalue weighted by Gasteiger charge is 2.35. The van der Waals surface area contributed by atoms with Crippen molar-refractivity contribution in [2.24, 2.45) is 5.92 Å². The maximum atomic E-state index is 13.1. The molecule has 1 aliphatic rings. The van der Waals surface area contributed by atoms with E-state index < -0.39 is 35.3 Å². The molecule has 1 amide bonds. The first-order chi connectivity index (χ1) is 14.6. The van der Waals surface area contributed by atoms with E-state index in [1.165, 1.54) is 12.1 Å². The number of rotatable bonds is 6. The van der Waals surface area contributed by atoms with Crippen LogP contribution < -0.4 is 10.9 Å². The van der Waals surface area contributed by atoms with Gasteiger partial charge < -0.3 is 10.4 Å². The van der Waals surface area contributed by atoms with Crippen molar-refractivity contribution >= 4 is 17.7 Å². The summed E-state index contributed by atoms with van der Waals surface area (Å²) >= 11 is 0. The van der Waals surface area contributed by atoms with Gasteiger partial charge >= 0.3 is 12.1 Å². The number of carbonyl (C=O) groups is 2. The third-order valence-electron chi connectivity index (χ3n) is 5.30. The Balaban J connectivity index is 1.91. The monoisotopic (exact) mass is 438 g/mol. The minimum Gasteiger partial charge on any atom is -0.478 e. The molecule has 0 aromatic carbocycles. The molecule has 0 aliphatic heterocycles. The van der Waals surface area contributed by atoms with Crippen molar-refractivity contribution in [1.82, 2.24) is 14.5 Å². The van der Waals surface area contributed by atoms with E-state index in [0.29, 0.717) is 12.4 Å². The molecule has 1 saturated carbocycles. The average molecular weight is 438 g/mol. The van der Waals surface area contributed by atoms with Gasteiger partial charge in [0.15, 0.2) is 5.69 Å². The second-order valence-electron chi connectivity index (χ2n) is 7.50. The number of anilines is 1. The van der Waals surface area contributed by atoms with Gasteiger partial charge in [-0.2, -0.15) is 13.2 Å². The minimum absolute atomic E-state index is 0.0294. The molecule has 2 heterocycles. The van der Waals surface area contributed by atoms with Gasteiger partial charge in [-0.05, 0) is 24.5 Å². The first-order valence-corrected chi connectivity index (χ1v) is 9.80. The fraction of sp³-hybridized carbons (Fsp3) is 0.450. The Labute approximate surface area is 175 Å². The van der Waals surface area contributed by atoms with Gasteiger partial charge in [0, 0.05) is 12.4 Å². The van der Waals surface area contributed by atoms with Crippen molar-refractivity contribution in [3.8, 4) is 0 Å². The Bertz CT molecular complexity index is 999. The summed E-state index contributed by atoms with van der Waals surface area (Å²) in [5.74, 6) is -1.78. The summed E-state index contributed by atoms with van der Waals surface area (Å²) in [4.78, 5) is 43.3. The van der Waals surface area contributed by atoms with E-state index in [1.54, 1.807) is 0 Å². The maximum Gasteiger partial charge on any atom is 0.434 e. The smallest absolute Gasteiger partial charge is 0.434 e. The summed E-state index contributed by atoms with van der Waals surface area (Å²) in [6.45, 7) is 0. The highest BCUT2D eigenvalue weighted by atomic mass is 19.4. The summed E-state index contributed by atoms with van der Waals surface area (Å²) in [5, 5.41) is 11.4. The number of amides is 1. The zero-order valence-electron chi connectivity index (χ0n) is 16.4. The third kappa shape index (κ3) is 5.68. The Morgan fingerprint density at radius 1 is 1.16 bits per heavy atom. The SMILES string of the molecule is O=C(O)c1ccc(NC(=O)[C@H](CC2CCCCC2)n2cc(C(F)(F)F)ncc2=O)nc1. The molecule has 1 fully saturated rings. The fourth-order valence-corrected chi connectivity index (χ4v) is 3.70. The van der Waals surface area contributed by atoms with Crippen LogP contribution in [0.5, 0.6) is 0 Å². The Kier molecular flexibility index (Phi) is 6.71. The van der Waals surface area contributed by atoms with Crippen LogP contribution in [0.1, 0.15) is 60.6 Å². The lowest BCUT2D eigenvalue weighted by Crippen LogP contribution is -2.36. The van der Waals surface area contributed by atoms with Crippen molar-refractivity contribution in [3.63, 3.8) is 0 Å². The molecule has 0 unspecified atom stereocenters. The van der Waals surface area contributed by atoms with Crippen molar-refractivity contribution in [2.75, 3.05) is 5.32 Å². The molecule has 11 heteroatoms. The molecule has 1 aliphatic carbocycles. The van der Waals surface area contributed by atoms with Gasteiger partial charge in [-0.1, -0.05) is 32.1 Å². The lowest BCUT2D eigenvalue weighted by Gasteiger charge is -2.27. The van der Waals surface area contributed by atoms with Crippen molar-refractivity contribution < 1.29 is 27.9 Å². The third-order valence-corrected chi connectivity index (χ3v) is 5.30. The zero-order valence-corrected chi connectivity index (χ0v) is 16.4. The molecule has 2 aromatic rings. The topological polar surface area (TPSA) is 114 Å². The second-order valence-corrected chi connectivity index (χ2v) is 7.50. The van der Waals surface area contributed by atoms with Crippen LogP contribution in [0.25, 0.3) is 0 Å². The van der Waals surface area contributed by atoms with Crippen molar-refractivity contribution in [1.29, 1.82) is 0 Å². The average Bonchev–Trinajstić information content (AvgIpc) is 2.73. The highest BCUT2D eigenvalue weighted by molar-refractivity contribution is 5.93. The number of alkyl halides is 3. The number of aromatic carboxylic acids is 1. The standard InChI is InChI=1S/C20H21F3N4O4/c21-20(22,23)15-11-27(17(28)10-24-15)14(8-12-4-2-1-3-5-12)18(29)26-16-7-6-13(9-25-16)19(30)31/h6-7,9-12,14H,1-5,8H2,(H,30,31)(H,25,26,29)/t14-/m0/s1. The number of carboxylic acids is 1. The summed E-state index contributed by atoms with van der Waals surface area (Å²) in [6.07, 6.45) is 2.21. The van der Waals surface area contributed by atoms with Gasteiger partial charge in [0.1, 0.15) is 11.9 Å². The molecule has 2 N–H and O–H groups in total. The molecular weight excluding hydrogens is 417 g/mol. The van der Waals surface area contributed by atoms with Crippen molar-refractivity contribution in [2.45, 2.75) is 50.7 Å². The number of carboxylic acid groups (broad SMARTS) is 1. The Hall–Kier alpha value is -3.24. The van der Waals surface area contributed by atoms with Gasteiger partial charge in [-0.25, -0.2) is 14.8 Å². The molecule has 8 nitrogen and oxygen atoms in total. The summed E-state index contributed by atoms with van der Waals surface area (Å²) in [7, 11) is 0. The van der Waals surface area contributed by atoms with E-state index in [1.807, 2.05) is 0 Å². The van der Waals surface area contributed by atoms with Crippen molar-refractivity contribution in [3.05, 3.63) is 52.3 Å². The molecule has 2 aromatic heterocycles. The van der Waals surface area contributed by atoms with Crippen LogP contribution in [-0.2, 0) is 11.0 Å². The van der Waals surface area contributed by atoms with Crippen LogP contribution in [0.4, 0.5) is 19.0 Å². The second kappa shape index (κ2) is 9.27. The van der Waals surface area contributed by atoms with E-state index in [0.717, 1.165) is 42.9 Å². The quantitative estimate of drug-likeness (QED) is 0.714. The predicted octanol–water partition coefficient (Wildman–Crippen LogP) is 3.51. The number of halogens is 3. The normalized spacial score (nSPS) is 16.0. The number of nitrogens with zero attached hydrogens (tertiary/aromatic N) is 3. The molecule has 3 rings (SSSR count). The molecule has 1 atom stereocenters. The van der Waals surface area contributed by atoms with Gasteiger partial charge in [-0.15, -0.1) is 0 Å². The van der Waals surface area contributed by atoms with E-state index in [4.69, 9.17) is 5.11 Å². The highest BCUT2D eigenvalue weighted by Crippen LogP contribution is 2.32. The molecule has 166 valence electrons. The lowest BCUT2D eigenvalue weighted by molar-refractivity contribution is -0.142. The summed E-state index contributed by atoms with van der Waals surface area (Å²) in [5.41, 5.74) is -2.17. The van der Waals surface area contributed by atoms with Crippen LogP contribution in [0.3, 0.4) is 0 Å². The number of nitrogens with one attached hydrogen (secondary N) is 1. The van der Waals surface area contributed by atoms with Crippen LogP contribution in [-0.4, -0.2) is 31.5 Å². The largest absolute Gasteiger partial charge is 0.478 e. The van der Waals surface area contributed by atoms with Crippen LogP contribution in [0.2, 0.25) is 0 Å². The molecular formula is C20H21F3N4O4. The predicted molar refractivity (Wildman–Crippen MR) is 104 cm³/mol. The molecule has 31 heavy (non-hydrogen) atoms. The minimum atomic E-state index is -4.77. The number of carbonyl (C=O) groups excluding carboxylic acids is 1. The zero-order chi connectivity index (χ0) is 22.6. The van der Waals surface area contributed by atoms with Crippen LogP contribution in [0.15, 0.2) is 35.5 Å². The van der Waals surface area contributed by atoms with E-state index >= 15 is 0 Å². The first kappa shape index (κ1) is 22.4. The Morgan fingerprint density at radius 3 is 2.45 bits per heavy atom. The van der Waals surface area contributed by atoms with Gasteiger partial charge in [0.25, 0.3) is 5.56 Å². The van der Waals surface area contributed by atoms with E-state index in [9.17, 15) is 27.6 Å². The summed E-state index contributed by atoms with van der Waals surface area (Å²) < 4.78 is 40.2. The molecule has 0 saturated heterocycles. The number of aromatic nitrogens is 3. The Morgan fingerprint density at radius 2 is 1.87 bits per heavy atom. The molecule has 0 spiro atoms.